The molecule has 1 saturated heterocycles. The monoisotopic (exact) mass is 425 g/mol. The van der Waals surface area contributed by atoms with Gasteiger partial charge in [0.2, 0.25) is 5.91 Å². The largest absolute Gasteiger partial charge is 0.372 e. The van der Waals surface area contributed by atoms with E-state index in [1.165, 1.54) is 35.4 Å². The van der Waals surface area contributed by atoms with Crippen molar-refractivity contribution in [3.63, 3.8) is 0 Å². The number of carbonyl (C=O) groups excluding carboxylic acids is 2. The molecule has 2 aromatic rings. The fourth-order valence-corrected chi connectivity index (χ4v) is 5.61. The molecule has 0 bridgehead atoms. The molecule has 2 heterocycles. The average molecular weight is 426 g/mol. The second-order valence-electron chi connectivity index (χ2n) is 8.63. The van der Waals surface area contributed by atoms with Crippen molar-refractivity contribution in [2.75, 3.05) is 32.1 Å². The van der Waals surface area contributed by atoms with Gasteiger partial charge in [0, 0.05) is 50.2 Å². The number of benzene rings is 1. The van der Waals surface area contributed by atoms with Gasteiger partial charge in [0.25, 0.3) is 5.91 Å². The van der Waals surface area contributed by atoms with Crippen LogP contribution < -0.4 is 10.2 Å². The van der Waals surface area contributed by atoms with Crippen molar-refractivity contribution in [2.24, 2.45) is 5.92 Å². The molecule has 160 valence electrons. The van der Waals surface area contributed by atoms with Gasteiger partial charge in [-0.25, -0.2) is 0 Å². The van der Waals surface area contributed by atoms with Crippen LogP contribution in [0.5, 0.6) is 0 Å². The highest BCUT2D eigenvalue weighted by atomic mass is 32.1. The van der Waals surface area contributed by atoms with Crippen LogP contribution in [-0.2, 0) is 24.2 Å². The summed E-state index contributed by atoms with van der Waals surface area (Å²) in [7, 11) is 3.55. The van der Waals surface area contributed by atoms with Crippen molar-refractivity contribution in [2.45, 2.75) is 45.1 Å². The van der Waals surface area contributed by atoms with Gasteiger partial charge in [-0.15, -0.1) is 11.3 Å². The van der Waals surface area contributed by atoms with Crippen molar-refractivity contribution >= 4 is 28.8 Å². The number of hydrogen-bond acceptors (Lipinski definition) is 4. The number of anilines is 1. The predicted molar refractivity (Wildman–Crippen MR) is 122 cm³/mol. The lowest BCUT2D eigenvalue weighted by Gasteiger charge is -2.29. The molecule has 2 aliphatic rings. The first-order chi connectivity index (χ1) is 14.5. The highest BCUT2D eigenvalue weighted by molar-refractivity contribution is 7.14. The van der Waals surface area contributed by atoms with Crippen molar-refractivity contribution in [1.29, 1.82) is 0 Å². The third-order valence-corrected chi connectivity index (χ3v) is 7.42. The van der Waals surface area contributed by atoms with Crippen LogP contribution in [0.4, 0.5) is 5.69 Å². The molecule has 1 atom stereocenters. The van der Waals surface area contributed by atoms with E-state index in [-0.39, 0.29) is 17.7 Å². The van der Waals surface area contributed by atoms with E-state index in [1.807, 2.05) is 6.07 Å². The first-order valence-electron chi connectivity index (χ1n) is 11.0. The number of fused-ring (bicyclic) bond motifs is 1. The van der Waals surface area contributed by atoms with E-state index >= 15 is 0 Å². The van der Waals surface area contributed by atoms with Gasteiger partial charge in [-0.2, -0.15) is 0 Å². The van der Waals surface area contributed by atoms with Gasteiger partial charge < -0.3 is 15.1 Å². The third kappa shape index (κ3) is 4.69. The second kappa shape index (κ2) is 9.21. The number of thiophene rings is 1. The molecule has 1 aromatic heterocycles. The Balaban J connectivity index is 1.31. The van der Waals surface area contributed by atoms with E-state index in [0.29, 0.717) is 6.54 Å². The van der Waals surface area contributed by atoms with Crippen LogP contribution in [0, 0.1) is 5.92 Å². The highest BCUT2D eigenvalue weighted by Crippen LogP contribution is 2.33. The number of amides is 2. The maximum Gasteiger partial charge on any atom is 0.263 e. The first kappa shape index (κ1) is 20.9. The topological polar surface area (TPSA) is 52.7 Å². The minimum Gasteiger partial charge on any atom is -0.372 e. The summed E-state index contributed by atoms with van der Waals surface area (Å²) in [6.45, 7) is 2.85. The van der Waals surface area contributed by atoms with Crippen LogP contribution in [0.2, 0.25) is 0 Å². The Morgan fingerprint density at radius 1 is 1.13 bits per heavy atom. The summed E-state index contributed by atoms with van der Waals surface area (Å²) in [5.41, 5.74) is 3.59. The minimum absolute atomic E-state index is 0.0120. The number of nitrogens with zero attached hydrogens (tertiary/aromatic N) is 2. The van der Waals surface area contributed by atoms with Gasteiger partial charge >= 0.3 is 0 Å². The Hall–Kier alpha value is -2.34. The second-order valence-corrected chi connectivity index (χ2v) is 9.77. The van der Waals surface area contributed by atoms with Crippen LogP contribution in [0.15, 0.2) is 30.3 Å². The molecule has 0 radical (unpaired) electrons. The Kier molecular flexibility index (Phi) is 6.42. The highest BCUT2D eigenvalue weighted by Gasteiger charge is 2.27. The summed E-state index contributed by atoms with van der Waals surface area (Å²) in [6, 6.07) is 10.6. The quantitative estimate of drug-likeness (QED) is 0.791. The predicted octanol–water partition coefficient (Wildman–Crippen LogP) is 3.86. The van der Waals surface area contributed by atoms with Crippen molar-refractivity contribution < 1.29 is 9.59 Å². The molecule has 1 aromatic carbocycles. The molecule has 6 heteroatoms. The van der Waals surface area contributed by atoms with E-state index < -0.39 is 0 Å². The summed E-state index contributed by atoms with van der Waals surface area (Å²) < 4.78 is 0. The number of nitrogens with one attached hydrogen (secondary N) is 1. The molecule has 1 N–H and O–H groups in total. The van der Waals surface area contributed by atoms with Crippen molar-refractivity contribution in [3.05, 3.63) is 51.2 Å². The molecular formula is C24H31N3O2S. The van der Waals surface area contributed by atoms with Gasteiger partial charge in [0.05, 0.1) is 4.88 Å². The van der Waals surface area contributed by atoms with Crippen LogP contribution in [-0.4, -0.2) is 43.9 Å². The SMILES string of the molecule is CN(C)C(=O)c1cc2c(s1)CC[C@@H](C(=O)NCc1ccc(N3CCCCC3)cc1)C2. The molecule has 1 fully saturated rings. The number of hydrogen-bond donors (Lipinski definition) is 1. The normalized spacial score (nSPS) is 18.6. The molecule has 1 aliphatic heterocycles. The Morgan fingerprint density at radius 2 is 1.87 bits per heavy atom. The smallest absolute Gasteiger partial charge is 0.263 e. The van der Waals surface area contributed by atoms with Gasteiger partial charge in [0.1, 0.15) is 0 Å². The van der Waals surface area contributed by atoms with E-state index in [0.717, 1.165) is 42.8 Å². The third-order valence-electron chi connectivity index (χ3n) is 6.19. The Bertz CT molecular complexity index is 898. The zero-order chi connectivity index (χ0) is 21.1. The molecule has 0 saturated carbocycles. The molecule has 0 spiro atoms. The Labute approximate surface area is 183 Å². The standard InChI is InChI=1S/C24H31N3O2S/c1-26(2)24(29)22-15-19-14-18(8-11-21(19)30-22)23(28)25-16-17-6-9-20(10-7-17)27-12-4-3-5-13-27/h6-7,9-10,15,18H,3-5,8,11-14,16H2,1-2H3,(H,25,28)/t18-/m1/s1. The molecule has 2 amide bonds. The maximum atomic E-state index is 12.8. The Morgan fingerprint density at radius 3 is 2.57 bits per heavy atom. The maximum absolute atomic E-state index is 12.8. The van der Waals surface area contributed by atoms with E-state index in [9.17, 15) is 9.59 Å². The van der Waals surface area contributed by atoms with Crippen molar-refractivity contribution in [3.8, 4) is 0 Å². The fourth-order valence-electron chi connectivity index (χ4n) is 4.38. The van der Waals surface area contributed by atoms with E-state index in [1.54, 1.807) is 30.3 Å². The molecular weight excluding hydrogens is 394 g/mol. The zero-order valence-corrected chi connectivity index (χ0v) is 18.8. The number of carbonyl (C=O) groups is 2. The zero-order valence-electron chi connectivity index (χ0n) is 17.9. The van der Waals surface area contributed by atoms with Gasteiger partial charge in [-0.1, -0.05) is 12.1 Å². The fraction of sp³-hybridized carbons (Fsp3) is 0.500. The van der Waals surface area contributed by atoms with Crippen molar-refractivity contribution in [1.82, 2.24) is 10.2 Å². The lowest BCUT2D eigenvalue weighted by atomic mass is 9.87. The van der Waals surface area contributed by atoms with E-state index in [4.69, 9.17) is 0 Å². The summed E-state index contributed by atoms with van der Waals surface area (Å²) in [5, 5.41) is 3.12. The summed E-state index contributed by atoms with van der Waals surface area (Å²) in [4.78, 5) is 31.1. The number of rotatable bonds is 5. The van der Waals surface area contributed by atoms with Crippen LogP contribution >= 0.6 is 11.3 Å². The minimum atomic E-state index is -0.0120. The molecule has 0 unspecified atom stereocenters. The van der Waals surface area contributed by atoms with Gasteiger partial charge in [0.15, 0.2) is 0 Å². The van der Waals surface area contributed by atoms with Crippen LogP contribution in [0.3, 0.4) is 0 Å². The van der Waals surface area contributed by atoms with Crippen LogP contribution in [0.1, 0.15) is 51.4 Å². The number of aryl methyl sites for hydroxylation is 1. The lowest BCUT2D eigenvalue weighted by molar-refractivity contribution is -0.125. The van der Waals surface area contributed by atoms with Gasteiger partial charge in [-0.05, 0) is 67.9 Å². The van der Waals surface area contributed by atoms with Gasteiger partial charge in [-0.3, -0.25) is 9.59 Å². The summed E-state index contributed by atoms with van der Waals surface area (Å²) in [6.07, 6.45) is 6.34. The lowest BCUT2D eigenvalue weighted by Crippen LogP contribution is -2.33. The first-order valence-corrected chi connectivity index (χ1v) is 11.8. The molecule has 30 heavy (non-hydrogen) atoms. The summed E-state index contributed by atoms with van der Waals surface area (Å²) in [5.74, 6) is 0.151. The van der Waals surface area contributed by atoms with Crippen LogP contribution in [0.25, 0.3) is 0 Å². The average Bonchev–Trinajstić information content (AvgIpc) is 3.21. The van der Waals surface area contributed by atoms with E-state index in [2.05, 4.69) is 34.5 Å². The molecule has 5 nitrogen and oxygen atoms in total. The molecule has 1 aliphatic carbocycles. The summed E-state index contributed by atoms with van der Waals surface area (Å²) >= 11 is 1.58. The molecule has 4 rings (SSSR count). The number of piperidine rings is 1.